The van der Waals surface area contributed by atoms with Crippen molar-refractivity contribution < 1.29 is 13.0 Å². The zero-order valence-corrected chi connectivity index (χ0v) is 18.9. The molecular weight excluding hydrogens is 396 g/mol. The summed E-state index contributed by atoms with van der Waals surface area (Å²) in [6.07, 6.45) is 17.5. The summed E-state index contributed by atoms with van der Waals surface area (Å²) in [7, 11) is -4.27. The topological polar surface area (TPSA) is 114 Å². The summed E-state index contributed by atoms with van der Waals surface area (Å²) in [6, 6.07) is 0. The third-order valence-electron chi connectivity index (χ3n) is 5.20. The van der Waals surface area contributed by atoms with E-state index in [4.69, 9.17) is 18.1 Å². The number of nitrogens with zero attached hydrogens (tertiary/aromatic N) is 2. The average molecular weight is 435 g/mol. The second kappa shape index (κ2) is 14.1. The van der Waals surface area contributed by atoms with Crippen molar-refractivity contribution >= 4 is 22.3 Å². The lowest BCUT2D eigenvalue weighted by molar-refractivity contribution is 0.452. The largest absolute Gasteiger partial charge is 0.335 e. The molecule has 9 heteroatoms. The van der Waals surface area contributed by atoms with Crippen molar-refractivity contribution in [1.29, 1.82) is 0 Å². The molecule has 1 unspecified atom stereocenters. The molecule has 0 aliphatic rings. The van der Waals surface area contributed by atoms with Gasteiger partial charge in [-0.05, 0) is 18.6 Å². The number of hydrogen-bond acceptors (Lipinski definition) is 5. The number of nitrogens with one attached hydrogen (secondary N) is 1. The van der Waals surface area contributed by atoms with E-state index >= 15 is 0 Å². The molecule has 28 heavy (non-hydrogen) atoms. The van der Waals surface area contributed by atoms with E-state index in [2.05, 4.69) is 17.1 Å². The highest BCUT2D eigenvalue weighted by Crippen LogP contribution is 2.25. The molecule has 0 amide bonds. The van der Waals surface area contributed by atoms with Gasteiger partial charge in [0.15, 0.2) is 5.82 Å². The van der Waals surface area contributed by atoms with Crippen molar-refractivity contribution in [3.63, 3.8) is 0 Å². The number of hydrogen-bond donors (Lipinski definition) is 3. The van der Waals surface area contributed by atoms with Crippen LogP contribution in [0.4, 0.5) is 0 Å². The van der Waals surface area contributed by atoms with Crippen molar-refractivity contribution in [2.24, 2.45) is 0 Å². The first-order valence-corrected chi connectivity index (χ1v) is 12.7. The Balaban J connectivity index is 2.09. The minimum Gasteiger partial charge on any atom is -0.335 e. The molecule has 1 aromatic heterocycles. The van der Waals surface area contributed by atoms with E-state index < -0.39 is 15.4 Å². The fourth-order valence-corrected chi connectivity index (χ4v) is 4.52. The van der Waals surface area contributed by atoms with Crippen LogP contribution in [-0.2, 0) is 10.1 Å². The molecule has 0 aliphatic carbocycles. The summed E-state index contributed by atoms with van der Waals surface area (Å²) in [5.41, 5.74) is 0. The highest BCUT2D eigenvalue weighted by molar-refractivity contribution is 7.86. The smallest absolute Gasteiger partial charge is 0.275 e. The van der Waals surface area contributed by atoms with Crippen molar-refractivity contribution in [2.45, 2.75) is 108 Å². The van der Waals surface area contributed by atoms with Crippen molar-refractivity contribution in [1.82, 2.24) is 14.9 Å². The normalized spacial score (nSPS) is 13.1. The Bertz CT molecular complexity index is 686. The van der Waals surface area contributed by atoms with E-state index in [0.29, 0.717) is 6.42 Å². The molecule has 164 valence electrons. The zero-order valence-electron chi connectivity index (χ0n) is 17.2. The van der Waals surface area contributed by atoms with E-state index in [0.717, 1.165) is 17.5 Å². The molecule has 0 saturated carbocycles. The van der Waals surface area contributed by atoms with Gasteiger partial charge in [-0.1, -0.05) is 96.8 Å². The van der Waals surface area contributed by atoms with Gasteiger partial charge in [-0.25, -0.2) is 4.68 Å². The van der Waals surface area contributed by atoms with E-state index in [1.807, 2.05) is 0 Å². The van der Waals surface area contributed by atoms with Crippen molar-refractivity contribution in [2.75, 3.05) is 5.84 Å². The Kier molecular flexibility index (Phi) is 12.7. The van der Waals surface area contributed by atoms with Crippen LogP contribution in [0.1, 0.15) is 114 Å². The zero-order chi connectivity index (χ0) is 20.8. The number of nitrogen functional groups attached to an aromatic ring is 1. The molecule has 1 heterocycles. The van der Waals surface area contributed by atoms with Crippen LogP contribution in [0.5, 0.6) is 0 Å². The number of H-pyrrole nitrogens is 1. The monoisotopic (exact) mass is 434 g/mol. The van der Waals surface area contributed by atoms with E-state index in [1.54, 1.807) is 0 Å². The van der Waals surface area contributed by atoms with E-state index in [1.165, 1.54) is 70.6 Å². The standard InChI is InChI=1S/C19H38N4O3S2/c1-2-3-4-5-6-7-8-9-10-11-12-13-14-15-16-17(28(24,25)26)18-21-22-19(27)23(18)20/h17H,2-16,20H2,1H3,(H,22,27)(H,24,25,26). The number of unbranched alkanes of at least 4 members (excludes halogenated alkanes) is 13. The number of aromatic amines is 1. The first-order chi connectivity index (χ1) is 13.4. The van der Waals surface area contributed by atoms with Crippen LogP contribution in [0.15, 0.2) is 0 Å². The van der Waals surface area contributed by atoms with E-state index in [9.17, 15) is 13.0 Å². The number of nitrogens with two attached hydrogens (primary N) is 1. The predicted octanol–water partition coefficient (Wildman–Crippen LogP) is 5.45. The number of aromatic nitrogens is 3. The fourth-order valence-electron chi connectivity index (χ4n) is 3.48. The fraction of sp³-hybridized carbons (Fsp3) is 0.895. The maximum Gasteiger partial charge on any atom is 0.275 e. The molecule has 0 radical (unpaired) electrons. The molecule has 0 saturated heterocycles. The molecule has 0 fully saturated rings. The van der Waals surface area contributed by atoms with Crippen LogP contribution in [0.3, 0.4) is 0 Å². The van der Waals surface area contributed by atoms with Gasteiger partial charge in [0.05, 0.1) is 0 Å². The molecule has 1 aromatic rings. The van der Waals surface area contributed by atoms with Crippen LogP contribution in [0.2, 0.25) is 0 Å². The summed E-state index contributed by atoms with van der Waals surface area (Å²) in [5, 5.41) is 5.17. The molecule has 7 nitrogen and oxygen atoms in total. The van der Waals surface area contributed by atoms with Gasteiger partial charge in [0.25, 0.3) is 10.1 Å². The van der Waals surface area contributed by atoms with Crippen LogP contribution in [0.25, 0.3) is 0 Å². The Morgan fingerprint density at radius 3 is 1.75 bits per heavy atom. The van der Waals surface area contributed by atoms with Crippen LogP contribution >= 0.6 is 12.2 Å². The van der Waals surface area contributed by atoms with Gasteiger partial charge in [-0.3, -0.25) is 9.65 Å². The Morgan fingerprint density at radius 2 is 1.39 bits per heavy atom. The van der Waals surface area contributed by atoms with Crippen molar-refractivity contribution in [3.05, 3.63) is 10.6 Å². The predicted molar refractivity (Wildman–Crippen MR) is 117 cm³/mol. The first-order valence-electron chi connectivity index (χ1n) is 10.8. The van der Waals surface area contributed by atoms with Gasteiger partial charge in [-0.15, -0.1) is 0 Å². The van der Waals surface area contributed by atoms with Crippen LogP contribution in [0, 0.1) is 4.77 Å². The quantitative estimate of drug-likeness (QED) is 0.130. The Hall–Kier alpha value is -0.930. The molecule has 0 aromatic carbocycles. The molecule has 1 rings (SSSR count). The third-order valence-corrected chi connectivity index (χ3v) is 6.65. The lowest BCUT2D eigenvalue weighted by atomic mass is 10.0. The lowest BCUT2D eigenvalue weighted by Gasteiger charge is -2.12. The van der Waals surface area contributed by atoms with Crippen LogP contribution < -0.4 is 5.84 Å². The molecule has 0 aliphatic heterocycles. The van der Waals surface area contributed by atoms with Crippen molar-refractivity contribution in [3.8, 4) is 0 Å². The summed E-state index contributed by atoms with van der Waals surface area (Å²) in [4.78, 5) is 0. The lowest BCUT2D eigenvalue weighted by Crippen LogP contribution is -2.21. The van der Waals surface area contributed by atoms with Gasteiger partial charge in [0, 0.05) is 0 Å². The summed E-state index contributed by atoms with van der Waals surface area (Å²) in [6.45, 7) is 2.25. The van der Waals surface area contributed by atoms with Gasteiger partial charge < -0.3 is 5.84 Å². The molecule has 0 spiro atoms. The van der Waals surface area contributed by atoms with Gasteiger partial charge in [-0.2, -0.15) is 13.5 Å². The minimum atomic E-state index is -4.27. The van der Waals surface area contributed by atoms with Gasteiger partial charge >= 0.3 is 0 Å². The third kappa shape index (κ3) is 10.0. The maximum absolute atomic E-state index is 11.7. The maximum atomic E-state index is 11.7. The molecule has 4 N–H and O–H groups in total. The molecular formula is C19H38N4O3S2. The highest BCUT2D eigenvalue weighted by atomic mass is 32.2. The minimum absolute atomic E-state index is 0.0576. The summed E-state index contributed by atoms with van der Waals surface area (Å²) in [5.74, 6) is 5.75. The van der Waals surface area contributed by atoms with Crippen LogP contribution in [-0.4, -0.2) is 27.8 Å². The van der Waals surface area contributed by atoms with Gasteiger partial charge in [0.1, 0.15) is 5.25 Å². The number of rotatable bonds is 17. The summed E-state index contributed by atoms with van der Waals surface area (Å²) >= 11 is 4.90. The first kappa shape index (κ1) is 25.1. The average Bonchev–Trinajstić information content (AvgIpc) is 2.96. The molecule has 0 bridgehead atoms. The SMILES string of the molecule is CCCCCCCCCCCCCCCCC(c1n[nH]c(=S)n1N)S(=O)(=O)O. The summed E-state index contributed by atoms with van der Waals surface area (Å²) < 4.78 is 33.9. The Labute approximate surface area is 175 Å². The molecule has 1 atom stereocenters. The second-order valence-corrected chi connectivity index (χ2v) is 9.63. The Morgan fingerprint density at radius 1 is 0.964 bits per heavy atom. The van der Waals surface area contributed by atoms with E-state index in [-0.39, 0.29) is 17.0 Å². The van der Waals surface area contributed by atoms with Gasteiger partial charge in [0.2, 0.25) is 4.77 Å². The second-order valence-electron chi connectivity index (χ2n) is 7.65. The highest BCUT2D eigenvalue weighted by Gasteiger charge is 2.29.